The molecule has 1 N–H and O–H groups in total. The molecule has 0 aromatic heterocycles. The molecule has 0 aromatic carbocycles. The van der Waals surface area contributed by atoms with Gasteiger partial charge in [0.2, 0.25) is 0 Å². The maximum absolute atomic E-state index is 3.78. The van der Waals surface area contributed by atoms with Crippen LogP contribution in [0, 0.1) is 5.92 Å². The molecular weight excluding hydrogens is 228 g/mol. The summed E-state index contributed by atoms with van der Waals surface area (Å²) in [6, 6.07) is 0.804. The number of piperidine rings is 1. The predicted molar refractivity (Wildman–Crippen MR) is 77.3 cm³/mol. The zero-order valence-electron chi connectivity index (χ0n) is 11.3. The van der Waals surface area contributed by atoms with Crippen LogP contribution in [0.3, 0.4) is 0 Å². The number of unbranched alkanes of at least 4 members (excludes halogenated alkanes) is 1. The van der Waals surface area contributed by atoms with Gasteiger partial charge in [-0.25, -0.2) is 0 Å². The summed E-state index contributed by atoms with van der Waals surface area (Å²) in [5.74, 6) is 2.32. The van der Waals surface area contributed by atoms with E-state index in [1.165, 1.54) is 70.3 Å². The molecule has 0 radical (unpaired) electrons. The summed E-state index contributed by atoms with van der Waals surface area (Å²) in [6.07, 6.45) is 9.81. The van der Waals surface area contributed by atoms with E-state index >= 15 is 0 Å². The van der Waals surface area contributed by atoms with E-state index < -0.39 is 0 Å². The van der Waals surface area contributed by atoms with Crippen LogP contribution in [0.4, 0.5) is 0 Å². The van der Waals surface area contributed by atoms with Gasteiger partial charge in [0.15, 0.2) is 0 Å². The Labute approximate surface area is 111 Å². The van der Waals surface area contributed by atoms with Crippen molar-refractivity contribution in [3.05, 3.63) is 0 Å². The second kappa shape index (κ2) is 7.65. The van der Waals surface area contributed by atoms with Crippen LogP contribution in [0.1, 0.15) is 51.9 Å². The minimum absolute atomic E-state index is 0.804. The molecule has 0 bridgehead atoms. The smallest absolute Gasteiger partial charge is 0.0104 e. The van der Waals surface area contributed by atoms with E-state index in [4.69, 9.17) is 0 Å². The summed E-state index contributed by atoms with van der Waals surface area (Å²) in [6.45, 7) is 6.14. The summed E-state index contributed by atoms with van der Waals surface area (Å²) in [7, 11) is 0. The Morgan fingerprint density at radius 1 is 1.18 bits per heavy atom. The largest absolute Gasteiger partial charge is 0.314 e. The standard InChI is InChI=1S/C14H28N2S/c1-2-3-11-17-16-9-7-14(8-10-16)15-12-13-5-4-6-13/h13-15H,2-12H2,1H3. The zero-order chi connectivity index (χ0) is 11.9. The van der Waals surface area contributed by atoms with Gasteiger partial charge in [-0.1, -0.05) is 31.7 Å². The van der Waals surface area contributed by atoms with Crippen molar-refractivity contribution in [3.63, 3.8) is 0 Å². The molecule has 17 heavy (non-hydrogen) atoms. The van der Waals surface area contributed by atoms with Gasteiger partial charge in [0, 0.05) is 24.9 Å². The molecule has 0 unspecified atom stereocenters. The third-order valence-corrected chi connectivity index (χ3v) is 5.35. The molecule has 1 aliphatic carbocycles. The minimum atomic E-state index is 0.804. The maximum Gasteiger partial charge on any atom is 0.0104 e. The molecule has 2 aliphatic rings. The first-order valence-corrected chi connectivity index (χ1v) is 8.44. The number of hydrogen-bond acceptors (Lipinski definition) is 3. The fourth-order valence-electron chi connectivity index (χ4n) is 2.56. The van der Waals surface area contributed by atoms with Crippen molar-refractivity contribution >= 4 is 11.9 Å². The van der Waals surface area contributed by atoms with Crippen molar-refractivity contribution in [2.45, 2.75) is 57.9 Å². The molecule has 3 heteroatoms. The molecule has 2 fully saturated rings. The van der Waals surface area contributed by atoms with Gasteiger partial charge in [0.1, 0.15) is 0 Å². The van der Waals surface area contributed by atoms with Crippen LogP contribution < -0.4 is 5.32 Å². The third kappa shape index (κ3) is 4.80. The lowest BCUT2D eigenvalue weighted by Crippen LogP contribution is -2.42. The van der Waals surface area contributed by atoms with E-state index in [1.807, 2.05) is 0 Å². The lowest BCUT2D eigenvalue weighted by Gasteiger charge is -2.34. The number of rotatable bonds is 7. The van der Waals surface area contributed by atoms with Crippen LogP contribution in [0.5, 0.6) is 0 Å². The van der Waals surface area contributed by atoms with Gasteiger partial charge in [-0.05, 0) is 44.6 Å². The normalized spacial score (nSPS) is 23.8. The van der Waals surface area contributed by atoms with Crippen LogP contribution in [0.25, 0.3) is 0 Å². The van der Waals surface area contributed by atoms with Gasteiger partial charge in [0.05, 0.1) is 0 Å². The fourth-order valence-corrected chi connectivity index (χ4v) is 3.70. The molecule has 2 rings (SSSR count). The Hall–Kier alpha value is 0.270. The summed E-state index contributed by atoms with van der Waals surface area (Å²) in [5.41, 5.74) is 0. The SMILES string of the molecule is CCCCSN1CCC(NCC2CCC2)CC1. The van der Waals surface area contributed by atoms with Gasteiger partial charge < -0.3 is 5.32 Å². The molecular formula is C14H28N2S. The monoisotopic (exact) mass is 256 g/mol. The Morgan fingerprint density at radius 3 is 2.53 bits per heavy atom. The molecule has 100 valence electrons. The average molecular weight is 256 g/mol. The van der Waals surface area contributed by atoms with E-state index in [1.54, 1.807) is 0 Å². The first-order chi connectivity index (χ1) is 8.38. The summed E-state index contributed by atoms with van der Waals surface area (Å²) >= 11 is 2.07. The van der Waals surface area contributed by atoms with Crippen molar-refractivity contribution < 1.29 is 0 Å². The van der Waals surface area contributed by atoms with Crippen molar-refractivity contribution in [2.24, 2.45) is 5.92 Å². The fraction of sp³-hybridized carbons (Fsp3) is 1.00. The van der Waals surface area contributed by atoms with Crippen molar-refractivity contribution in [3.8, 4) is 0 Å². The number of hydrogen-bond donors (Lipinski definition) is 1. The molecule has 1 saturated carbocycles. The topological polar surface area (TPSA) is 15.3 Å². The van der Waals surface area contributed by atoms with Gasteiger partial charge in [-0.2, -0.15) is 0 Å². The van der Waals surface area contributed by atoms with E-state index in [2.05, 4.69) is 28.5 Å². The lowest BCUT2D eigenvalue weighted by molar-refractivity contribution is 0.254. The Kier molecular flexibility index (Phi) is 6.16. The highest BCUT2D eigenvalue weighted by Gasteiger charge is 2.22. The van der Waals surface area contributed by atoms with Crippen LogP contribution in [-0.2, 0) is 0 Å². The summed E-state index contributed by atoms with van der Waals surface area (Å²) < 4.78 is 2.58. The molecule has 0 amide bonds. The van der Waals surface area contributed by atoms with E-state index in [9.17, 15) is 0 Å². The molecule has 0 atom stereocenters. The van der Waals surface area contributed by atoms with Crippen LogP contribution in [0.15, 0.2) is 0 Å². The van der Waals surface area contributed by atoms with Crippen LogP contribution >= 0.6 is 11.9 Å². The van der Waals surface area contributed by atoms with Gasteiger partial charge in [-0.3, -0.25) is 4.31 Å². The van der Waals surface area contributed by atoms with E-state index in [0.29, 0.717) is 0 Å². The van der Waals surface area contributed by atoms with Crippen LogP contribution in [-0.4, -0.2) is 35.7 Å². The molecule has 2 nitrogen and oxygen atoms in total. The van der Waals surface area contributed by atoms with Gasteiger partial charge in [0.25, 0.3) is 0 Å². The van der Waals surface area contributed by atoms with Gasteiger partial charge >= 0.3 is 0 Å². The first kappa shape index (κ1) is 13.7. The highest BCUT2D eigenvalue weighted by Crippen LogP contribution is 2.26. The van der Waals surface area contributed by atoms with Crippen molar-refractivity contribution in [2.75, 3.05) is 25.4 Å². The zero-order valence-corrected chi connectivity index (χ0v) is 12.1. The predicted octanol–water partition coefficient (Wildman–Crippen LogP) is 3.29. The molecule has 1 aliphatic heterocycles. The molecule has 1 saturated heterocycles. The second-order valence-corrected chi connectivity index (χ2v) is 6.78. The van der Waals surface area contributed by atoms with Gasteiger partial charge in [-0.15, -0.1) is 0 Å². The quantitative estimate of drug-likeness (QED) is 0.556. The van der Waals surface area contributed by atoms with Crippen LogP contribution in [0.2, 0.25) is 0 Å². The van der Waals surface area contributed by atoms with Crippen molar-refractivity contribution in [1.29, 1.82) is 0 Å². The molecule has 1 heterocycles. The van der Waals surface area contributed by atoms with E-state index in [-0.39, 0.29) is 0 Å². The highest BCUT2D eigenvalue weighted by atomic mass is 32.2. The summed E-state index contributed by atoms with van der Waals surface area (Å²) in [4.78, 5) is 0. The lowest BCUT2D eigenvalue weighted by atomic mass is 9.85. The second-order valence-electron chi connectivity index (χ2n) is 5.60. The van der Waals surface area contributed by atoms with Crippen molar-refractivity contribution in [1.82, 2.24) is 9.62 Å². The minimum Gasteiger partial charge on any atom is -0.314 e. The highest BCUT2D eigenvalue weighted by molar-refractivity contribution is 7.97. The summed E-state index contributed by atoms with van der Waals surface area (Å²) in [5, 5.41) is 3.78. The Morgan fingerprint density at radius 2 is 1.94 bits per heavy atom. The number of nitrogens with zero attached hydrogens (tertiary/aromatic N) is 1. The molecule has 0 aromatic rings. The first-order valence-electron chi connectivity index (χ1n) is 7.49. The molecule has 0 spiro atoms. The average Bonchev–Trinajstić information content (AvgIpc) is 2.29. The maximum atomic E-state index is 3.78. The Bertz CT molecular complexity index is 198. The Balaban J connectivity index is 1.51. The third-order valence-electron chi connectivity index (χ3n) is 4.15. The number of nitrogens with one attached hydrogen (secondary N) is 1. The van der Waals surface area contributed by atoms with E-state index in [0.717, 1.165) is 12.0 Å².